The number of nitrogens with zero attached hydrogens (tertiary/aromatic N) is 3. The number of rotatable bonds is 6. The molecule has 2 rings (SSSR count). The Kier molecular flexibility index (Phi) is 10.6. The van der Waals surface area contributed by atoms with E-state index < -0.39 is 0 Å². The molecule has 1 aromatic carbocycles. The summed E-state index contributed by atoms with van der Waals surface area (Å²) in [7, 11) is 0. The van der Waals surface area contributed by atoms with Crippen LogP contribution in [-0.4, -0.2) is 54.4 Å². The normalized spacial score (nSPS) is 17.4. The molecule has 5 nitrogen and oxygen atoms in total. The first-order valence-corrected chi connectivity index (χ1v) is 9.49. The summed E-state index contributed by atoms with van der Waals surface area (Å²) >= 11 is 0. The fraction of sp³-hybridized carbons (Fsp3) is 0.600. The number of likely N-dealkylation sites (N-methyl/N-ethyl adjacent to an activating group) is 1. The topological polar surface area (TPSA) is 47.9 Å². The van der Waals surface area contributed by atoms with Crippen molar-refractivity contribution in [1.29, 1.82) is 0 Å². The lowest BCUT2D eigenvalue weighted by atomic mass is 10.0. The van der Waals surface area contributed by atoms with Gasteiger partial charge in [0, 0.05) is 32.7 Å². The maximum Gasteiger partial charge on any atom is 0.244 e. The van der Waals surface area contributed by atoms with E-state index >= 15 is 0 Å². The van der Waals surface area contributed by atoms with Gasteiger partial charge in [-0.25, -0.2) is 4.99 Å². The van der Waals surface area contributed by atoms with Crippen molar-refractivity contribution >= 4 is 35.8 Å². The van der Waals surface area contributed by atoms with Crippen LogP contribution in [0.5, 0.6) is 0 Å². The van der Waals surface area contributed by atoms with E-state index in [4.69, 9.17) is 0 Å². The van der Waals surface area contributed by atoms with Crippen LogP contribution in [0.25, 0.3) is 0 Å². The molecule has 0 aromatic heterocycles. The lowest BCUT2D eigenvalue weighted by Crippen LogP contribution is -2.46. The van der Waals surface area contributed by atoms with Crippen molar-refractivity contribution in [2.75, 3.05) is 32.7 Å². The van der Waals surface area contributed by atoms with Gasteiger partial charge in [-0.05, 0) is 38.2 Å². The molecule has 1 unspecified atom stereocenters. The van der Waals surface area contributed by atoms with Crippen molar-refractivity contribution in [2.45, 2.75) is 40.2 Å². The minimum atomic E-state index is 0. The third kappa shape index (κ3) is 7.13. The van der Waals surface area contributed by atoms with Gasteiger partial charge in [0.1, 0.15) is 6.54 Å². The van der Waals surface area contributed by atoms with Gasteiger partial charge in [-0.1, -0.05) is 37.3 Å². The molecule has 146 valence electrons. The molecule has 0 radical (unpaired) electrons. The molecule has 0 spiro atoms. The van der Waals surface area contributed by atoms with Crippen molar-refractivity contribution in [3.8, 4) is 0 Å². The number of nitrogens with one attached hydrogen (secondary N) is 1. The lowest BCUT2D eigenvalue weighted by Gasteiger charge is -2.33. The highest BCUT2D eigenvalue weighted by Crippen LogP contribution is 2.15. The van der Waals surface area contributed by atoms with Crippen LogP contribution in [0.3, 0.4) is 0 Å². The molecule has 6 heteroatoms. The Hall–Kier alpha value is -1.31. The molecule has 1 saturated heterocycles. The van der Waals surface area contributed by atoms with Crippen molar-refractivity contribution in [3.05, 3.63) is 35.9 Å². The minimum absolute atomic E-state index is 0. The number of aliphatic imine (C=N–C) groups is 1. The molecule has 0 bridgehead atoms. The molecule has 1 N–H and O–H groups in total. The summed E-state index contributed by atoms with van der Waals surface area (Å²) in [5, 5.41) is 3.34. The Morgan fingerprint density at radius 1 is 1.31 bits per heavy atom. The molecule has 1 fully saturated rings. The average Bonchev–Trinajstić information content (AvgIpc) is 2.63. The number of hydrogen-bond acceptors (Lipinski definition) is 2. The molecular weight excluding hydrogens is 439 g/mol. The maximum atomic E-state index is 12.6. The van der Waals surface area contributed by atoms with E-state index in [0.29, 0.717) is 19.0 Å². The summed E-state index contributed by atoms with van der Waals surface area (Å²) in [6.07, 6.45) is 2.46. The highest BCUT2D eigenvalue weighted by Gasteiger charge is 2.20. The van der Waals surface area contributed by atoms with Gasteiger partial charge in [-0.2, -0.15) is 0 Å². The van der Waals surface area contributed by atoms with Crippen LogP contribution >= 0.6 is 24.0 Å². The van der Waals surface area contributed by atoms with Gasteiger partial charge >= 0.3 is 0 Å². The summed E-state index contributed by atoms with van der Waals surface area (Å²) in [6.45, 7) is 10.8. The molecule has 0 aliphatic carbocycles. The fourth-order valence-corrected chi connectivity index (χ4v) is 3.23. The van der Waals surface area contributed by atoms with Gasteiger partial charge in [0.2, 0.25) is 5.91 Å². The maximum absolute atomic E-state index is 12.6. The van der Waals surface area contributed by atoms with E-state index in [1.165, 1.54) is 12.8 Å². The molecule has 26 heavy (non-hydrogen) atoms. The number of benzene rings is 1. The third-order valence-corrected chi connectivity index (χ3v) is 4.61. The molecule has 0 saturated carbocycles. The zero-order chi connectivity index (χ0) is 18.1. The smallest absolute Gasteiger partial charge is 0.244 e. The van der Waals surface area contributed by atoms with Crippen LogP contribution in [-0.2, 0) is 11.3 Å². The second-order valence-electron chi connectivity index (χ2n) is 6.76. The molecule has 1 heterocycles. The second kappa shape index (κ2) is 12.1. The van der Waals surface area contributed by atoms with Gasteiger partial charge in [-0.15, -0.1) is 24.0 Å². The highest BCUT2D eigenvalue weighted by molar-refractivity contribution is 14.0. The Bertz CT molecular complexity index is 564. The Balaban J connectivity index is 0.00000338. The first-order valence-electron chi connectivity index (χ1n) is 9.49. The second-order valence-corrected chi connectivity index (χ2v) is 6.76. The van der Waals surface area contributed by atoms with E-state index in [2.05, 4.69) is 41.2 Å². The van der Waals surface area contributed by atoms with Crippen LogP contribution in [0.2, 0.25) is 0 Å². The van der Waals surface area contributed by atoms with Crippen LogP contribution in [0, 0.1) is 5.92 Å². The Labute approximate surface area is 175 Å². The zero-order valence-electron chi connectivity index (χ0n) is 16.3. The fourth-order valence-electron chi connectivity index (χ4n) is 3.23. The number of carbonyl (C=O) groups is 1. The van der Waals surface area contributed by atoms with Crippen LogP contribution in [0.1, 0.15) is 39.2 Å². The largest absolute Gasteiger partial charge is 0.357 e. The molecule has 1 aliphatic rings. The van der Waals surface area contributed by atoms with E-state index in [1.807, 2.05) is 30.0 Å². The first-order chi connectivity index (χ1) is 12.1. The molecule has 1 aliphatic heterocycles. The summed E-state index contributed by atoms with van der Waals surface area (Å²) in [6, 6.07) is 10.1. The molecule has 1 atom stereocenters. The lowest BCUT2D eigenvalue weighted by molar-refractivity contribution is -0.130. The predicted octanol–water partition coefficient (Wildman–Crippen LogP) is 3.35. The number of hydrogen-bond donors (Lipinski definition) is 1. The standard InChI is InChI=1S/C20H32N4O.HI/c1-4-21-20(24-13-9-10-17(3)15-24)22-14-19(25)23(5-2)16-18-11-7-6-8-12-18;/h6-8,11-12,17H,4-5,9-10,13-16H2,1-3H3,(H,21,22);1H. The zero-order valence-corrected chi connectivity index (χ0v) is 18.6. The number of amides is 1. The SMILES string of the molecule is CCNC(=NCC(=O)N(CC)Cc1ccccc1)N1CCCC(C)C1.I. The number of piperidine rings is 1. The van der Waals surface area contributed by atoms with Gasteiger partial charge in [0.25, 0.3) is 0 Å². The van der Waals surface area contributed by atoms with Crippen molar-refractivity contribution in [3.63, 3.8) is 0 Å². The van der Waals surface area contributed by atoms with E-state index in [0.717, 1.165) is 31.2 Å². The number of halogens is 1. The van der Waals surface area contributed by atoms with E-state index in [9.17, 15) is 4.79 Å². The average molecular weight is 472 g/mol. The van der Waals surface area contributed by atoms with Crippen LogP contribution in [0.4, 0.5) is 0 Å². The quantitative estimate of drug-likeness (QED) is 0.393. The van der Waals surface area contributed by atoms with Crippen molar-refractivity contribution < 1.29 is 4.79 Å². The monoisotopic (exact) mass is 472 g/mol. The first kappa shape index (κ1) is 22.7. The van der Waals surface area contributed by atoms with Gasteiger partial charge in [0.05, 0.1) is 0 Å². The van der Waals surface area contributed by atoms with Crippen LogP contribution < -0.4 is 5.32 Å². The minimum Gasteiger partial charge on any atom is -0.357 e. The molecule has 1 amide bonds. The third-order valence-electron chi connectivity index (χ3n) is 4.61. The summed E-state index contributed by atoms with van der Waals surface area (Å²) < 4.78 is 0. The predicted molar refractivity (Wildman–Crippen MR) is 119 cm³/mol. The van der Waals surface area contributed by atoms with E-state index in [-0.39, 0.29) is 36.4 Å². The van der Waals surface area contributed by atoms with Gasteiger partial charge < -0.3 is 15.1 Å². The summed E-state index contributed by atoms with van der Waals surface area (Å²) in [5.41, 5.74) is 1.15. The summed E-state index contributed by atoms with van der Waals surface area (Å²) in [5.74, 6) is 1.63. The van der Waals surface area contributed by atoms with E-state index in [1.54, 1.807) is 0 Å². The highest BCUT2D eigenvalue weighted by atomic mass is 127. The molecular formula is C20H33IN4O. The van der Waals surface area contributed by atoms with Gasteiger partial charge in [0.15, 0.2) is 5.96 Å². The van der Waals surface area contributed by atoms with Crippen molar-refractivity contribution in [1.82, 2.24) is 15.1 Å². The Morgan fingerprint density at radius 2 is 2.04 bits per heavy atom. The summed E-state index contributed by atoms with van der Waals surface area (Å²) in [4.78, 5) is 21.4. The Morgan fingerprint density at radius 3 is 2.65 bits per heavy atom. The van der Waals surface area contributed by atoms with Gasteiger partial charge in [-0.3, -0.25) is 4.79 Å². The number of carbonyl (C=O) groups excluding carboxylic acids is 1. The molecule has 1 aromatic rings. The number of guanidine groups is 1. The van der Waals surface area contributed by atoms with Crippen molar-refractivity contribution in [2.24, 2.45) is 10.9 Å². The number of likely N-dealkylation sites (tertiary alicyclic amines) is 1. The van der Waals surface area contributed by atoms with Crippen LogP contribution in [0.15, 0.2) is 35.3 Å².